The Balaban J connectivity index is 2.33. The number of thioether (sulfide) groups is 2. The molecule has 1 heterocycles. The number of hydrogen-bond donors (Lipinski definition) is 1. The van der Waals surface area contributed by atoms with E-state index < -0.39 is 0 Å². The van der Waals surface area contributed by atoms with Gasteiger partial charge in [0.2, 0.25) is 5.91 Å². The van der Waals surface area contributed by atoms with Crippen LogP contribution in [0.2, 0.25) is 0 Å². The molecule has 0 fully saturated rings. The largest absolute Gasteiger partial charge is 0.353 e. The molecule has 1 amide bonds. The van der Waals surface area contributed by atoms with Gasteiger partial charge >= 0.3 is 0 Å². The summed E-state index contributed by atoms with van der Waals surface area (Å²) in [6.07, 6.45) is 0. The number of carbonyl (C=O) groups excluding carboxylic acids is 1. The molecule has 0 aliphatic heterocycles. The monoisotopic (exact) mass is 305 g/mol. The zero-order valence-corrected chi connectivity index (χ0v) is 13.5. The number of nitrogens with zero attached hydrogens (tertiary/aromatic N) is 2. The summed E-state index contributed by atoms with van der Waals surface area (Å²) in [5, 5.41) is 11.0. The van der Waals surface area contributed by atoms with E-state index in [1.165, 1.54) is 11.8 Å². The highest BCUT2D eigenvalue weighted by Crippen LogP contribution is 2.29. The maximum atomic E-state index is 11.5. The molecule has 1 aromatic rings. The fraction of sp³-hybridized carbons (Fsp3) is 0.727. The number of amides is 1. The van der Waals surface area contributed by atoms with Gasteiger partial charge in [0.15, 0.2) is 8.68 Å². The van der Waals surface area contributed by atoms with Crippen molar-refractivity contribution >= 4 is 40.8 Å². The van der Waals surface area contributed by atoms with Gasteiger partial charge in [0, 0.05) is 11.8 Å². The quantitative estimate of drug-likeness (QED) is 0.785. The Morgan fingerprint density at radius 2 is 1.83 bits per heavy atom. The van der Waals surface area contributed by atoms with Crippen LogP contribution >= 0.6 is 34.9 Å². The number of hydrogen-bond acceptors (Lipinski definition) is 6. The van der Waals surface area contributed by atoms with Crippen molar-refractivity contribution in [3.05, 3.63) is 0 Å². The van der Waals surface area contributed by atoms with Crippen molar-refractivity contribution in [1.29, 1.82) is 0 Å². The molecule has 0 bridgehead atoms. The minimum Gasteiger partial charge on any atom is -0.353 e. The van der Waals surface area contributed by atoms with Crippen LogP contribution in [-0.2, 0) is 4.79 Å². The zero-order valence-electron chi connectivity index (χ0n) is 11.1. The fourth-order valence-corrected chi connectivity index (χ4v) is 3.85. The Labute approximate surface area is 121 Å². The Hall–Kier alpha value is -0.270. The van der Waals surface area contributed by atoms with Gasteiger partial charge in [-0.3, -0.25) is 4.79 Å². The second-order valence-electron chi connectivity index (χ2n) is 4.55. The number of carbonyl (C=O) groups is 1. The highest BCUT2D eigenvalue weighted by atomic mass is 32.2. The van der Waals surface area contributed by atoms with Crippen LogP contribution in [0.1, 0.15) is 27.7 Å². The molecule has 0 atom stereocenters. The van der Waals surface area contributed by atoms with E-state index >= 15 is 0 Å². The smallest absolute Gasteiger partial charge is 0.230 e. The van der Waals surface area contributed by atoms with Crippen LogP contribution in [0.5, 0.6) is 0 Å². The summed E-state index contributed by atoms with van der Waals surface area (Å²) >= 11 is 4.73. The summed E-state index contributed by atoms with van der Waals surface area (Å²) < 4.78 is 1.84. The third-order valence-corrected chi connectivity index (χ3v) is 5.32. The van der Waals surface area contributed by atoms with Gasteiger partial charge in [0.25, 0.3) is 0 Å². The molecule has 0 spiro atoms. The Kier molecular flexibility index (Phi) is 7.03. The van der Waals surface area contributed by atoms with Gasteiger partial charge in [0.05, 0.1) is 5.75 Å². The zero-order chi connectivity index (χ0) is 13.5. The van der Waals surface area contributed by atoms with Gasteiger partial charge in [-0.1, -0.05) is 48.7 Å². The van der Waals surface area contributed by atoms with Crippen molar-refractivity contribution in [2.45, 2.75) is 42.4 Å². The van der Waals surface area contributed by atoms with Crippen molar-refractivity contribution in [2.24, 2.45) is 5.92 Å². The molecule has 18 heavy (non-hydrogen) atoms. The second-order valence-corrected chi connectivity index (χ2v) is 8.02. The van der Waals surface area contributed by atoms with Gasteiger partial charge in [-0.05, 0) is 19.8 Å². The molecule has 1 N–H and O–H groups in total. The van der Waals surface area contributed by atoms with E-state index in [1.807, 2.05) is 13.8 Å². The van der Waals surface area contributed by atoms with Crippen molar-refractivity contribution in [3.8, 4) is 0 Å². The first-order chi connectivity index (χ1) is 8.47. The molecule has 0 aliphatic carbocycles. The summed E-state index contributed by atoms with van der Waals surface area (Å²) in [5.74, 6) is 2.14. The van der Waals surface area contributed by atoms with Crippen LogP contribution in [0.15, 0.2) is 8.68 Å². The molecule has 0 unspecified atom stereocenters. The van der Waals surface area contributed by atoms with E-state index in [1.54, 1.807) is 23.1 Å². The Morgan fingerprint density at radius 1 is 1.22 bits per heavy atom. The summed E-state index contributed by atoms with van der Waals surface area (Å²) in [7, 11) is 0. The van der Waals surface area contributed by atoms with Crippen molar-refractivity contribution in [1.82, 2.24) is 15.5 Å². The number of aromatic nitrogens is 2. The highest BCUT2D eigenvalue weighted by molar-refractivity contribution is 8.03. The van der Waals surface area contributed by atoms with Gasteiger partial charge < -0.3 is 5.32 Å². The van der Waals surface area contributed by atoms with Crippen molar-refractivity contribution in [2.75, 3.05) is 11.5 Å². The molecular weight excluding hydrogens is 286 g/mol. The van der Waals surface area contributed by atoms with E-state index in [2.05, 4.69) is 29.4 Å². The van der Waals surface area contributed by atoms with Crippen LogP contribution in [-0.4, -0.2) is 33.7 Å². The maximum Gasteiger partial charge on any atom is 0.230 e. The van der Waals surface area contributed by atoms with E-state index in [-0.39, 0.29) is 11.9 Å². The predicted octanol–water partition coefficient (Wildman–Crippen LogP) is 2.90. The molecule has 0 saturated carbocycles. The third-order valence-electron chi connectivity index (χ3n) is 1.70. The first-order valence-corrected chi connectivity index (χ1v) is 8.64. The first kappa shape index (κ1) is 15.8. The third kappa shape index (κ3) is 6.61. The average Bonchev–Trinajstić information content (AvgIpc) is 2.70. The molecular formula is C11H19N3OS3. The molecule has 4 nitrogen and oxygen atoms in total. The number of nitrogens with one attached hydrogen (secondary N) is 1. The Bertz CT molecular complexity index is 379. The van der Waals surface area contributed by atoms with Crippen LogP contribution in [0.25, 0.3) is 0 Å². The highest BCUT2D eigenvalue weighted by Gasteiger charge is 2.09. The normalized spacial score (nSPS) is 11.2. The van der Waals surface area contributed by atoms with Crippen LogP contribution in [0.3, 0.4) is 0 Å². The fourth-order valence-electron chi connectivity index (χ4n) is 1.04. The lowest BCUT2D eigenvalue weighted by molar-refractivity contribution is -0.119. The summed E-state index contributed by atoms with van der Waals surface area (Å²) in [4.78, 5) is 11.5. The SMILES string of the molecule is CC(C)CSc1nnc(SCC(=O)NC(C)C)s1. The van der Waals surface area contributed by atoms with Crippen LogP contribution < -0.4 is 5.32 Å². The van der Waals surface area contributed by atoms with E-state index in [9.17, 15) is 4.79 Å². The molecule has 0 radical (unpaired) electrons. The lowest BCUT2D eigenvalue weighted by atomic mass is 10.3. The molecule has 0 aliphatic rings. The topological polar surface area (TPSA) is 54.9 Å². The molecule has 0 saturated heterocycles. The molecule has 7 heteroatoms. The molecule has 0 aromatic carbocycles. The number of rotatable bonds is 7. The molecule has 102 valence electrons. The minimum absolute atomic E-state index is 0.0431. The van der Waals surface area contributed by atoms with Crippen molar-refractivity contribution < 1.29 is 4.79 Å². The van der Waals surface area contributed by atoms with Gasteiger partial charge in [-0.2, -0.15) is 0 Å². The standard InChI is InChI=1S/C11H19N3OS3/c1-7(2)5-16-10-13-14-11(18-10)17-6-9(15)12-8(3)4/h7-8H,5-6H2,1-4H3,(H,12,15). The van der Waals surface area contributed by atoms with Gasteiger partial charge in [0.1, 0.15) is 0 Å². The lowest BCUT2D eigenvalue weighted by Gasteiger charge is -2.06. The van der Waals surface area contributed by atoms with E-state index in [4.69, 9.17) is 0 Å². The summed E-state index contributed by atoms with van der Waals surface area (Å²) in [5.41, 5.74) is 0. The van der Waals surface area contributed by atoms with Crippen molar-refractivity contribution in [3.63, 3.8) is 0 Å². The lowest BCUT2D eigenvalue weighted by Crippen LogP contribution is -2.31. The molecule has 1 rings (SSSR count). The average molecular weight is 305 g/mol. The maximum absolute atomic E-state index is 11.5. The van der Waals surface area contributed by atoms with Gasteiger partial charge in [-0.25, -0.2) is 0 Å². The van der Waals surface area contributed by atoms with E-state index in [0.717, 1.165) is 14.4 Å². The van der Waals surface area contributed by atoms with Crippen LogP contribution in [0.4, 0.5) is 0 Å². The minimum atomic E-state index is 0.0431. The van der Waals surface area contributed by atoms with Crippen LogP contribution in [0, 0.1) is 5.92 Å². The summed E-state index contributed by atoms with van der Waals surface area (Å²) in [6.45, 7) is 8.27. The summed E-state index contributed by atoms with van der Waals surface area (Å²) in [6, 6.07) is 0.185. The Morgan fingerprint density at radius 3 is 2.39 bits per heavy atom. The van der Waals surface area contributed by atoms with Gasteiger partial charge in [-0.15, -0.1) is 10.2 Å². The van der Waals surface area contributed by atoms with E-state index in [0.29, 0.717) is 11.7 Å². The predicted molar refractivity (Wildman–Crippen MR) is 79.5 cm³/mol. The molecule has 1 aromatic heterocycles. The second kappa shape index (κ2) is 8.01. The first-order valence-electron chi connectivity index (χ1n) is 5.86.